The van der Waals surface area contributed by atoms with Gasteiger partial charge in [-0.3, -0.25) is 20.4 Å². The van der Waals surface area contributed by atoms with Crippen LogP contribution in [0.15, 0.2) is 78.9 Å². The average Bonchev–Trinajstić information content (AvgIpc) is 2.80. The highest BCUT2D eigenvalue weighted by atomic mass is 16.5. The van der Waals surface area contributed by atoms with Crippen molar-refractivity contribution in [1.82, 2.24) is 10.9 Å². The molecule has 7 nitrogen and oxygen atoms in total. The molecule has 3 rings (SSSR count). The van der Waals surface area contributed by atoms with E-state index in [0.717, 1.165) is 11.3 Å². The summed E-state index contributed by atoms with van der Waals surface area (Å²) < 4.78 is 16.5. The van der Waals surface area contributed by atoms with Crippen molar-refractivity contribution in [2.24, 2.45) is 0 Å². The molecule has 0 aliphatic carbocycles. The van der Waals surface area contributed by atoms with Crippen LogP contribution in [0.5, 0.6) is 17.2 Å². The van der Waals surface area contributed by atoms with Crippen LogP contribution < -0.4 is 25.1 Å². The van der Waals surface area contributed by atoms with E-state index in [0.29, 0.717) is 30.3 Å². The molecule has 0 heterocycles. The van der Waals surface area contributed by atoms with Gasteiger partial charge in [-0.15, -0.1) is 0 Å². The zero-order valence-electron chi connectivity index (χ0n) is 17.2. The molecule has 0 saturated heterocycles. The summed E-state index contributed by atoms with van der Waals surface area (Å²) in [6, 6.07) is 23.4. The van der Waals surface area contributed by atoms with Gasteiger partial charge in [-0.1, -0.05) is 30.3 Å². The molecular formula is C24H24N2O5. The normalized spacial score (nSPS) is 10.1. The van der Waals surface area contributed by atoms with Crippen LogP contribution in [0.4, 0.5) is 0 Å². The smallest absolute Gasteiger partial charge is 0.276 e. The van der Waals surface area contributed by atoms with Crippen molar-refractivity contribution in [2.75, 3.05) is 19.8 Å². The van der Waals surface area contributed by atoms with Crippen molar-refractivity contribution in [3.63, 3.8) is 0 Å². The Kier molecular flexibility index (Phi) is 7.88. The summed E-state index contributed by atoms with van der Waals surface area (Å²) >= 11 is 0. The fourth-order valence-corrected chi connectivity index (χ4v) is 2.63. The van der Waals surface area contributed by atoms with E-state index in [2.05, 4.69) is 10.9 Å². The monoisotopic (exact) mass is 420 g/mol. The van der Waals surface area contributed by atoms with Gasteiger partial charge in [0.05, 0.1) is 0 Å². The Balaban J connectivity index is 1.35. The third-order valence-corrected chi connectivity index (χ3v) is 4.16. The summed E-state index contributed by atoms with van der Waals surface area (Å²) in [5.74, 6) is 1.08. The van der Waals surface area contributed by atoms with Gasteiger partial charge in [0.2, 0.25) is 0 Å². The molecule has 0 aliphatic rings. The van der Waals surface area contributed by atoms with Gasteiger partial charge in [0.15, 0.2) is 6.61 Å². The average molecular weight is 420 g/mol. The molecule has 0 saturated carbocycles. The maximum atomic E-state index is 12.2. The number of carbonyl (C=O) groups excluding carboxylic acids is 2. The molecule has 3 aromatic carbocycles. The highest BCUT2D eigenvalue weighted by Crippen LogP contribution is 2.13. The van der Waals surface area contributed by atoms with Crippen LogP contribution >= 0.6 is 0 Å². The third kappa shape index (κ3) is 7.40. The molecule has 0 radical (unpaired) electrons. The van der Waals surface area contributed by atoms with Gasteiger partial charge in [-0.25, -0.2) is 0 Å². The summed E-state index contributed by atoms with van der Waals surface area (Å²) in [5, 5.41) is 0. The van der Waals surface area contributed by atoms with E-state index in [9.17, 15) is 9.59 Å². The molecule has 0 bridgehead atoms. The lowest BCUT2D eigenvalue weighted by Crippen LogP contribution is -2.43. The summed E-state index contributed by atoms with van der Waals surface area (Å²) in [4.78, 5) is 24.0. The van der Waals surface area contributed by atoms with Crippen molar-refractivity contribution in [1.29, 1.82) is 0 Å². The lowest BCUT2D eigenvalue weighted by molar-refractivity contribution is -0.123. The van der Waals surface area contributed by atoms with E-state index in [1.807, 2.05) is 55.5 Å². The van der Waals surface area contributed by atoms with Gasteiger partial charge < -0.3 is 14.2 Å². The largest absolute Gasteiger partial charge is 0.490 e. The molecule has 3 aromatic rings. The Morgan fingerprint density at radius 3 is 2.03 bits per heavy atom. The molecular weight excluding hydrogens is 396 g/mol. The second-order valence-corrected chi connectivity index (χ2v) is 6.64. The number of hydrogen-bond acceptors (Lipinski definition) is 5. The molecule has 0 aromatic heterocycles. The number of ether oxygens (including phenoxy) is 3. The standard InChI is InChI=1S/C24H24N2O5/c1-18-6-5-9-22(16-18)31-17-23(27)25-26-24(28)19-10-12-21(13-11-19)30-15-14-29-20-7-3-2-4-8-20/h2-13,16H,14-15,17H2,1H3,(H,25,27)(H,26,28). The number of hydrogen-bond donors (Lipinski definition) is 2. The molecule has 0 atom stereocenters. The maximum absolute atomic E-state index is 12.2. The van der Waals surface area contributed by atoms with Crippen LogP contribution in [-0.4, -0.2) is 31.6 Å². The predicted octanol–water partition coefficient (Wildman–Crippen LogP) is 3.29. The van der Waals surface area contributed by atoms with Gasteiger partial charge in [-0.05, 0) is 61.0 Å². The molecule has 0 spiro atoms. The first-order valence-corrected chi connectivity index (χ1v) is 9.79. The van der Waals surface area contributed by atoms with Crippen molar-refractivity contribution in [3.8, 4) is 17.2 Å². The molecule has 0 aliphatic heterocycles. The van der Waals surface area contributed by atoms with Gasteiger partial charge in [0.25, 0.3) is 11.8 Å². The van der Waals surface area contributed by atoms with Crippen LogP contribution in [0, 0.1) is 6.92 Å². The van der Waals surface area contributed by atoms with Crippen LogP contribution in [0.3, 0.4) is 0 Å². The highest BCUT2D eigenvalue weighted by molar-refractivity contribution is 5.95. The Hall–Kier alpha value is -4.00. The summed E-state index contributed by atoms with van der Waals surface area (Å²) in [6.45, 7) is 2.50. The van der Waals surface area contributed by atoms with Crippen LogP contribution in [0.1, 0.15) is 15.9 Å². The first-order chi connectivity index (χ1) is 15.1. The number of para-hydroxylation sites is 1. The zero-order valence-corrected chi connectivity index (χ0v) is 17.2. The molecule has 0 fully saturated rings. The molecule has 2 amide bonds. The highest BCUT2D eigenvalue weighted by Gasteiger charge is 2.08. The minimum Gasteiger partial charge on any atom is -0.490 e. The number of hydrazine groups is 1. The Labute approximate surface area is 180 Å². The van der Waals surface area contributed by atoms with Crippen molar-refractivity contribution in [2.45, 2.75) is 6.92 Å². The van der Waals surface area contributed by atoms with E-state index in [1.54, 1.807) is 30.3 Å². The first-order valence-electron chi connectivity index (χ1n) is 9.79. The Morgan fingerprint density at radius 2 is 1.35 bits per heavy atom. The second kappa shape index (κ2) is 11.3. The SMILES string of the molecule is Cc1cccc(OCC(=O)NNC(=O)c2ccc(OCCOc3ccccc3)cc2)c1. The molecule has 0 unspecified atom stereocenters. The van der Waals surface area contributed by atoms with Crippen LogP contribution in [0.2, 0.25) is 0 Å². The quantitative estimate of drug-likeness (QED) is 0.410. The van der Waals surface area contributed by atoms with E-state index in [-0.39, 0.29) is 6.61 Å². The number of carbonyl (C=O) groups is 2. The van der Waals surface area contributed by atoms with Crippen LogP contribution in [-0.2, 0) is 4.79 Å². The number of aryl methyl sites for hydroxylation is 1. The van der Waals surface area contributed by atoms with E-state index < -0.39 is 11.8 Å². The van der Waals surface area contributed by atoms with E-state index >= 15 is 0 Å². The van der Waals surface area contributed by atoms with E-state index in [4.69, 9.17) is 14.2 Å². The number of amides is 2. The first kappa shape index (κ1) is 21.7. The minimum absolute atomic E-state index is 0.207. The Bertz CT molecular complexity index is 990. The molecule has 31 heavy (non-hydrogen) atoms. The lowest BCUT2D eigenvalue weighted by Gasteiger charge is -2.10. The number of nitrogens with one attached hydrogen (secondary N) is 2. The van der Waals surface area contributed by atoms with Gasteiger partial charge in [0, 0.05) is 5.56 Å². The lowest BCUT2D eigenvalue weighted by atomic mass is 10.2. The zero-order chi connectivity index (χ0) is 21.9. The third-order valence-electron chi connectivity index (χ3n) is 4.16. The fraction of sp³-hybridized carbons (Fsp3) is 0.167. The second-order valence-electron chi connectivity index (χ2n) is 6.64. The maximum Gasteiger partial charge on any atom is 0.276 e. The summed E-state index contributed by atoms with van der Waals surface area (Å²) in [6.07, 6.45) is 0. The van der Waals surface area contributed by atoms with Gasteiger partial charge in [0.1, 0.15) is 30.5 Å². The van der Waals surface area contributed by atoms with Crippen molar-refractivity contribution < 1.29 is 23.8 Å². The van der Waals surface area contributed by atoms with Crippen molar-refractivity contribution >= 4 is 11.8 Å². The van der Waals surface area contributed by atoms with E-state index in [1.165, 1.54) is 0 Å². The predicted molar refractivity (Wildman–Crippen MR) is 116 cm³/mol. The number of benzene rings is 3. The number of rotatable bonds is 9. The minimum atomic E-state index is -0.465. The Morgan fingerprint density at radius 1 is 0.710 bits per heavy atom. The molecule has 160 valence electrons. The van der Waals surface area contributed by atoms with Gasteiger partial charge >= 0.3 is 0 Å². The molecule has 2 N–H and O–H groups in total. The fourth-order valence-electron chi connectivity index (χ4n) is 2.63. The topological polar surface area (TPSA) is 85.9 Å². The summed E-state index contributed by atoms with van der Waals surface area (Å²) in [5.41, 5.74) is 6.10. The van der Waals surface area contributed by atoms with Crippen LogP contribution in [0.25, 0.3) is 0 Å². The summed E-state index contributed by atoms with van der Waals surface area (Å²) in [7, 11) is 0. The van der Waals surface area contributed by atoms with Crippen molar-refractivity contribution in [3.05, 3.63) is 90.0 Å². The molecule has 7 heteroatoms. The van der Waals surface area contributed by atoms with Gasteiger partial charge in [-0.2, -0.15) is 0 Å².